The molecule has 2 aliphatic heterocycles. The maximum absolute atomic E-state index is 3.98. The molecule has 1 aliphatic carbocycles. The molecule has 0 aromatic heterocycles. The van der Waals surface area contributed by atoms with Crippen LogP contribution in [0, 0.1) is 0 Å². The van der Waals surface area contributed by atoms with E-state index < -0.39 is 0 Å². The molecule has 0 amide bonds. The maximum Gasteiger partial charge on any atom is 0.0113 e. The lowest BCUT2D eigenvalue weighted by molar-refractivity contribution is 0.159. The minimum Gasteiger partial charge on any atom is -0.311 e. The van der Waals surface area contributed by atoms with Crippen LogP contribution >= 0.6 is 0 Å². The fraction of sp³-hybridized carbons (Fsp3) is 0.667. The molecule has 2 fully saturated rings. The first-order valence-corrected chi connectivity index (χ1v) is 8.45. The predicted molar refractivity (Wildman–Crippen MR) is 83.0 cm³/mol. The zero-order valence-corrected chi connectivity index (χ0v) is 12.4. The predicted octanol–water partition coefficient (Wildman–Crippen LogP) is 2.76. The highest BCUT2D eigenvalue weighted by Gasteiger charge is 2.32. The molecular formula is C18H26N2. The third-order valence-corrected chi connectivity index (χ3v) is 5.64. The summed E-state index contributed by atoms with van der Waals surface area (Å²) < 4.78 is 0. The van der Waals surface area contributed by atoms with Gasteiger partial charge in [0.25, 0.3) is 0 Å². The van der Waals surface area contributed by atoms with E-state index in [4.69, 9.17) is 0 Å². The normalized spacial score (nSPS) is 33.7. The largest absolute Gasteiger partial charge is 0.311 e. The van der Waals surface area contributed by atoms with Crippen LogP contribution in [-0.4, -0.2) is 36.1 Å². The van der Waals surface area contributed by atoms with E-state index >= 15 is 0 Å². The Hall–Kier alpha value is -0.860. The standard InChI is InChI=1S/C18H26N2/c1-2-5-15-12-16(8-7-14(15)4-1)19-17-9-11-20-10-3-6-18(20)13-17/h1-2,4-5,16-19H,3,6-13H2. The molecule has 1 N–H and O–H groups in total. The Kier molecular flexibility index (Phi) is 3.53. The number of piperidine rings is 1. The summed E-state index contributed by atoms with van der Waals surface area (Å²) in [5.41, 5.74) is 3.16. The van der Waals surface area contributed by atoms with Crippen LogP contribution < -0.4 is 5.32 Å². The Morgan fingerprint density at radius 3 is 2.80 bits per heavy atom. The van der Waals surface area contributed by atoms with E-state index in [0.29, 0.717) is 6.04 Å². The third-order valence-electron chi connectivity index (χ3n) is 5.64. The van der Waals surface area contributed by atoms with Gasteiger partial charge in [0.15, 0.2) is 0 Å². The first kappa shape index (κ1) is 12.8. The van der Waals surface area contributed by atoms with E-state index in [2.05, 4.69) is 34.5 Å². The zero-order valence-electron chi connectivity index (χ0n) is 12.4. The molecule has 20 heavy (non-hydrogen) atoms. The summed E-state index contributed by atoms with van der Waals surface area (Å²) >= 11 is 0. The minimum absolute atomic E-state index is 0.711. The fourth-order valence-electron chi connectivity index (χ4n) is 4.55. The second-order valence-electron chi connectivity index (χ2n) is 6.93. The highest BCUT2D eigenvalue weighted by atomic mass is 15.2. The van der Waals surface area contributed by atoms with Crippen molar-refractivity contribution in [3.8, 4) is 0 Å². The molecule has 3 unspecified atom stereocenters. The lowest BCUT2D eigenvalue weighted by Crippen LogP contribution is -2.49. The Morgan fingerprint density at radius 2 is 1.85 bits per heavy atom. The summed E-state index contributed by atoms with van der Waals surface area (Å²) in [5.74, 6) is 0. The second kappa shape index (κ2) is 5.50. The summed E-state index contributed by atoms with van der Waals surface area (Å²) in [6.07, 6.45) is 9.42. The number of nitrogens with zero attached hydrogens (tertiary/aromatic N) is 1. The lowest BCUT2D eigenvalue weighted by atomic mass is 9.87. The number of fused-ring (bicyclic) bond motifs is 2. The Balaban J connectivity index is 1.36. The number of nitrogens with one attached hydrogen (secondary N) is 1. The highest BCUT2D eigenvalue weighted by Crippen LogP contribution is 2.28. The van der Waals surface area contributed by atoms with E-state index in [1.807, 2.05) is 0 Å². The maximum atomic E-state index is 3.98. The molecule has 0 saturated carbocycles. The average molecular weight is 270 g/mol. The molecule has 3 aliphatic rings. The molecule has 2 saturated heterocycles. The third kappa shape index (κ3) is 2.51. The number of benzene rings is 1. The summed E-state index contributed by atoms with van der Waals surface area (Å²) in [6.45, 7) is 2.68. The molecule has 4 rings (SSSR count). The van der Waals surface area contributed by atoms with Gasteiger partial charge in [0.05, 0.1) is 0 Å². The van der Waals surface area contributed by atoms with E-state index in [9.17, 15) is 0 Å². The van der Waals surface area contributed by atoms with Gasteiger partial charge in [0.1, 0.15) is 0 Å². The molecule has 2 heterocycles. The van der Waals surface area contributed by atoms with Gasteiger partial charge in [-0.05, 0) is 69.2 Å². The Labute approximate surface area is 122 Å². The molecule has 0 spiro atoms. The van der Waals surface area contributed by atoms with E-state index in [0.717, 1.165) is 12.1 Å². The quantitative estimate of drug-likeness (QED) is 0.889. The number of rotatable bonds is 2. The fourth-order valence-corrected chi connectivity index (χ4v) is 4.55. The average Bonchev–Trinajstić information content (AvgIpc) is 2.95. The van der Waals surface area contributed by atoms with Crippen LogP contribution in [-0.2, 0) is 12.8 Å². The molecular weight excluding hydrogens is 244 g/mol. The number of hydrogen-bond donors (Lipinski definition) is 1. The molecule has 2 nitrogen and oxygen atoms in total. The van der Waals surface area contributed by atoms with Gasteiger partial charge in [0.2, 0.25) is 0 Å². The first-order chi connectivity index (χ1) is 9.88. The van der Waals surface area contributed by atoms with Crippen molar-refractivity contribution >= 4 is 0 Å². The van der Waals surface area contributed by atoms with E-state index in [1.54, 1.807) is 11.1 Å². The van der Waals surface area contributed by atoms with E-state index in [1.165, 1.54) is 58.0 Å². The zero-order chi connectivity index (χ0) is 13.4. The summed E-state index contributed by atoms with van der Waals surface area (Å²) in [7, 11) is 0. The van der Waals surface area contributed by atoms with E-state index in [-0.39, 0.29) is 0 Å². The number of hydrogen-bond acceptors (Lipinski definition) is 2. The molecule has 1 aromatic rings. The first-order valence-electron chi connectivity index (χ1n) is 8.45. The molecule has 2 heteroatoms. The molecule has 0 bridgehead atoms. The number of aryl methyl sites for hydroxylation is 1. The molecule has 1 aromatic carbocycles. The molecule has 3 atom stereocenters. The van der Waals surface area contributed by atoms with Crippen molar-refractivity contribution in [1.82, 2.24) is 10.2 Å². The topological polar surface area (TPSA) is 15.3 Å². The van der Waals surface area contributed by atoms with Gasteiger partial charge >= 0.3 is 0 Å². The van der Waals surface area contributed by atoms with Crippen LogP contribution in [0.1, 0.15) is 43.2 Å². The highest BCUT2D eigenvalue weighted by molar-refractivity contribution is 5.30. The van der Waals surface area contributed by atoms with Gasteiger partial charge in [-0.3, -0.25) is 0 Å². The second-order valence-corrected chi connectivity index (χ2v) is 6.93. The van der Waals surface area contributed by atoms with Crippen molar-refractivity contribution in [3.05, 3.63) is 35.4 Å². The summed E-state index contributed by atoms with van der Waals surface area (Å²) in [5, 5.41) is 3.98. The van der Waals surface area contributed by atoms with Gasteiger partial charge in [-0.2, -0.15) is 0 Å². The SMILES string of the molecule is c1ccc2c(c1)CCC(NC1CCN3CCCC3C1)C2. The van der Waals surface area contributed by atoms with Crippen LogP contribution in [0.25, 0.3) is 0 Å². The lowest BCUT2D eigenvalue weighted by Gasteiger charge is -2.38. The van der Waals surface area contributed by atoms with Gasteiger partial charge in [-0.15, -0.1) is 0 Å². The van der Waals surface area contributed by atoms with Gasteiger partial charge in [-0.1, -0.05) is 24.3 Å². The minimum atomic E-state index is 0.711. The summed E-state index contributed by atoms with van der Waals surface area (Å²) in [6, 6.07) is 11.4. The Morgan fingerprint density at radius 1 is 0.950 bits per heavy atom. The Bertz CT molecular complexity index is 470. The smallest absolute Gasteiger partial charge is 0.0113 e. The van der Waals surface area contributed by atoms with Gasteiger partial charge in [-0.25, -0.2) is 0 Å². The molecule has 0 radical (unpaired) electrons. The monoisotopic (exact) mass is 270 g/mol. The van der Waals surface area contributed by atoms with Crippen molar-refractivity contribution in [2.24, 2.45) is 0 Å². The van der Waals surface area contributed by atoms with Gasteiger partial charge < -0.3 is 10.2 Å². The van der Waals surface area contributed by atoms with Crippen molar-refractivity contribution in [2.45, 2.75) is 63.1 Å². The van der Waals surface area contributed by atoms with Crippen LogP contribution in [0.3, 0.4) is 0 Å². The van der Waals surface area contributed by atoms with Crippen LogP contribution in [0.4, 0.5) is 0 Å². The van der Waals surface area contributed by atoms with Crippen LogP contribution in [0.15, 0.2) is 24.3 Å². The van der Waals surface area contributed by atoms with Crippen LogP contribution in [0.5, 0.6) is 0 Å². The van der Waals surface area contributed by atoms with Crippen molar-refractivity contribution < 1.29 is 0 Å². The van der Waals surface area contributed by atoms with Crippen molar-refractivity contribution in [3.63, 3.8) is 0 Å². The van der Waals surface area contributed by atoms with Crippen LogP contribution in [0.2, 0.25) is 0 Å². The molecule has 108 valence electrons. The van der Waals surface area contributed by atoms with Crippen molar-refractivity contribution in [2.75, 3.05) is 13.1 Å². The summed E-state index contributed by atoms with van der Waals surface area (Å²) in [4.78, 5) is 2.72. The van der Waals surface area contributed by atoms with Crippen molar-refractivity contribution in [1.29, 1.82) is 0 Å². The van der Waals surface area contributed by atoms with Gasteiger partial charge in [0, 0.05) is 18.1 Å².